The molecule has 0 heterocycles. The SMILES string of the molecule is COC(=O)c1ccc(C=NNC(=O)C(=O)Nc2ccc(NC(C)=O)cc2)cc1. The summed E-state index contributed by atoms with van der Waals surface area (Å²) in [6.45, 7) is 1.38. The molecule has 9 heteroatoms. The van der Waals surface area contributed by atoms with Gasteiger partial charge in [0.25, 0.3) is 0 Å². The maximum atomic E-state index is 11.9. The number of hydrazone groups is 1. The second-order valence-corrected chi connectivity index (χ2v) is 5.53. The molecule has 2 aromatic rings. The number of hydrogen-bond donors (Lipinski definition) is 3. The first-order chi connectivity index (χ1) is 13.4. The molecular weight excluding hydrogens is 364 g/mol. The van der Waals surface area contributed by atoms with E-state index in [-0.39, 0.29) is 5.91 Å². The number of nitrogens with zero attached hydrogens (tertiary/aromatic N) is 1. The van der Waals surface area contributed by atoms with Crippen LogP contribution in [0.15, 0.2) is 53.6 Å². The van der Waals surface area contributed by atoms with Gasteiger partial charge in [-0.3, -0.25) is 14.4 Å². The van der Waals surface area contributed by atoms with Crippen LogP contribution in [-0.2, 0) is 19.1 Å². The summed E-state index contributed by atoms with van der Waals surface area (Å²) in [7, 11) is 1.29. The third-order valence-electron chi connectivity index (χ3n) is 3.38. The number of hydrogen-bond acceptors (Lipinski definition) is 6. The first kappa shape index (κ1) is 20.3. The van der Waals surface area contributed by atoms with Gasteiger partial charge in [-0.25, -0.2) is 10.2 Å². The number of benzene rings is 2. The van der Waals surface area contributed by atoms with Gasteiger partial charge >= 0.3 is 17.8 Å². The molecule has 0 aliphatic rings. The minimum Gasteiger partial charge on any atom is -0.465 e. The van der Waals surface area contributed by atoms with Crippen molar-refractivity contribution >= 4 is 41.3 Å². The highest BCUT2D eigenvalue weighted by atomic mass is 16.5. The van der Waals surface area contributed by atoms with Gasteiger partial charge in [0, 0.05) is 18.3 Å². The lowest BCUT2D eigenvalue weighted by atomic mass is 10.1. The molecular formula is C19H18N4O5. The van der Waals surface area contributed by atoms with Gasteiger partial charge in [0.15, 0.2) is 0 Å². The molecule has 0 fully saturated rings. The minimum atomic E-state index is -0.951. The minimum absolute atomic E-state index is 0.214. The summed E-state index contributed by atoms with van der Waals surface area (Å²) in [5, 5.41) is 8.69. The van der Waals surface area contributed by atoms with Crippen LogP contribution in [0.1, 0.15) is 22.8 Å². The molecule has 0 aliphatic heterocycles. The lowest BCUT2D eigenvalue weighted by Crippen LogP contribution is -2.32. The smallest absolute Gasteiger partial charge is 0.337 e. The van der Waals surface area contributed by atoms with E-state index in [1.54, 1.807) is 48.5 Å². The highest BCUT2D eigenvalue weighted by Gasteiger charge is 2.12. The molecule has 0 radical (unpaired) electrons. The Balaban J connectivity index is 1.86. The van der Waals surface area contributed by atoms with Crippen LogP contribution in [-0.4, -0.2) is 37.0 Å². The Hall–Kier alpha value is -4.01. The van der Waals surface area contributed by atoms with Crippen LogP contribution in [0.5, 0.6) is 0 Å². The first-order valence-corrected chi connectivity index (χ1v) is 8.09. The second kappa shape index (κ2) is 9.62. The number of nitrogens with one attached hydrogen (secondary N) is 3. The average molecular weight is 382 g/mol. The Morgan fingerprint density at radius 3 is 1.96 bits per heavy atom. The van der Waals surface area contributed by atoms with Crippen LogP contribution in [0.4, 0.5) is 11.4 Å². The van der Waals surface area contributed by atoms with Crippen molar-refractivity contribution < 1.29 is 23.9 Å². The van der Waals surface area contributed by atoms with Crippen molar-refractivity contribution in [1.29, 1.82) is 0 Å². The monoisotopic (exact) mass is 382 g/mol. The van der Waals surface area contributed by atoms with Gasteiger partial charge in [0.05, 0.1) is 18.9 Å². The predicted molar refractivity (Wildman–Crippen MR) is 103 cm³/mol. The number of methoxy groups -OCH3 is 1. The van der Waals surface area contributed by atoms with Gasteiger partial charge in [-0.05, 0) is 42.0 Å². The second-order valence-electron chi connectivity index (χ2n) is 5.53. The van der Waals surface area contributed by atoms with Gasteiger partial charge in [0.1, 0.15) is 0 Å². The zero-order valence-corrected chi connectivity index (χ0v) is 15.2. The Morgan fingerprint density at radius 1 is 0.857 bits per heavy atom. The molecule has 0 atom stereocenters. The molecule has 3 N–H and O–H groups in total. The Bertz CT molecular complexity index is 905. The topological polar surface area (TPSA) is 126 Å². The molecule has 0 aliphatic carbocycles. The van der Waals surface area contributed by atoms with E-state index in [4.69, 9.17) is 0 Å². The van der Waals surface area contributed by atoms with E-state index >= 15 is 0 Å². The Morgan fingerprint density at radius 2 is 1.43 bits per heavy atom. The fraction of sp³-hybridized carbons (Fsp3) is 0.105. The Labute approximate surface area is 160 Å². The maximum absolute atomic E-state index is 11.9. The standard InChI is InChI=1S/C19H18N4O5/c1-12(24)21-15-7-9-16(10-8-15)22-17(25)18(26)23-20-11-13-3-5-14(6-4-13)19(27)28-2/h3-11H,1-2H3,(H,21,24)(H,22,25)(H,23,26). The van der Waals surface area contributed by atoms with Crippen molar-refractivity contribution in [3.8, 4) is 0 Å². The number of rotatable bonds is 5. The van der Waals surface area contributed by atoms with Crippen LogP contribution in [0.3, 0.4) is 0 Å². The van der Waals surface area contributed by atoms with Crippen molar-refractivity contribution in [1.82, 2.24) is 5.43 Å². The zero-order chi connectivity index (χ0) is 20.5. The lowest BCUT2D eigenvalue weighted by Gasteiger charge is -2.06. The van der Waals surface area contributed by atoms with Crippen LogP contribution in [0.2, 0.25) is 0 Å². The number of anilines is 2. The molecule has 0 aromatic heterocycles. The summed E-state index contributed by atoms with van der Waals surface area (Å²) >= 11 is 0. The normalized spacial score (nSPS) is 10.2. The predicted octanol–water partition coefficient (Wildman–Crippen LogP) is 1.52. The van der Waals surface area contributed by atoms with Crippen molar-refractivity contribution in [3.05, 3.63) is 59.7 Å². The third kappa shape index (κ3) is 6.06. The van der Waals surface area contributed by atoms with Gasteiger partial charge in [-0.2, -0.15) is 5.10 Å². The van der Waals surface area contributed by atoms with Crippen molar-refractivity contribution in [3.63, 3.8) is 0 Å². The van der Waals surface area contributed by atoms with Crippen LogP contribution in [0, 0.1) is 0 Å². The summed E-state index contributed by atoms with van der Waals surface area (Å²) in [5.41, 5.74) is 4.06. The number of carbonyl (C=O) groups is 4. The van der Waals surface area contributed by atoms with Gasteiger partial charge in [0.2, 0.25) is 5.91 Å². The fourth-order valence-electron chi connectivity index (χ4n) is 2.07. The zero-order valence-electron chi connectivity index (χ0n) is 15.2. The molecule has 0 saturated heterocycles. The number of ether oxygens (including phenoxy) is 1. The fourth-order valence-corrected chi connectivity index (χ4v) is 2.07. The molecule has 2 rings (SSSR count). The molecule has 9 nitrogen and oxygen atoms in total. The van der Waals surface area contributed by atoms with E-state index in [1.165, 1.54) is 20.2 Å². The molecule has 3 amide bonds. The van der Waals surface area contributed by atoms with Crippen molar-refractivity contribution in [2.75, 3.05) is 17.7 Å². The quantitative estimate of drug-likeness (QED) is 0.313. The van der Waals surface area contributed by atoms with E-state index in [0.717, 1.165) is 0 Å². The van der Waals surface area contributed by atoms with Crippen LogP contribution < -0.4 is 16.1 Å². The highest BCUT2D eigenvalue weighted by Crippen LogP contribution is 2.13. The molecule has 28 heavy (non-hydrogen) atoms. The van der Waals surface area contributed by atoms with Crippen molar-refractivity contribution in [2.45, 2.75) is 6.92 Å². The Kier molecular flexibility index (Phi) is 6.98. The van der Waals surface area contributed by atoms with Gasteiger partial charge in [-0.15, -0.1) is 0 Å². The lowest BCUT2D eigenvalue weighted by molar-refractivity contribution is -0.136. The van der Waals surface area contributed by atoms with E-state index in [1.807, 2.05) is 0 Å². The highest BCUT2D eigenvalue weighted by molar-refractivity contribution is 6.39. The summed E-state index contributed by atoms with van der Waals surface area (Å²) in [6.07, 6.45) is 1.33. The summed E-state index contributed by atoms with van der Waals surface area (Å²) < 4.78 is 4.59. The largest absolute Gasteiger partial charge is 0.465 e. The molecule has 2 aromatic carbocycles. The molecule has 0 unspecified atom stereocenters. The molecule has 0 saturated carbocycles. The van der Waals surface area contributed by atoms with E-state index in [0.29, 0.717) is 22.5 Å². The number of esters is 1. The third-order valence-corrected chi connectivity index (χ3v) is 3.38. The molecule has 0 bridgehead atoms. The summed E-state index contributed by atoms with van der Waals surface area (Å²) in [6, 6.07) is 12.6. The van der Waals surface area contributed by atoms with Crippen LogP contribution in [0.25, 0.3) is 0 Å². The van der Waals surface area contributed by atoms with Crippen LogP contribution >= 0.6 is 0 Å². The van der Waals surface area contributed by atoms with E-state index in [2.05, 4.69) is 25.9 Å². The maximum Gasteiger partial charge on any atom is 0.337 e. The van der Waals surface area contributed by atoms with E-state index < -0.39 is 17.8 Å². The molecule has 0 spiro atoms. The summed E-state index contributed by atoms with van der Waals surface area (Å²) in [5.74, 6) is -2.52. The number of amides is 3. The molecule has 144 valence electrons. The van der Waals surface area contributed by atoms with E-state index in [9.17, 15) is 19.2 Å². The first-order valence-electron chi connectivity index (χ1n) is 8.09. The van der Waals surface area contributed by atoms with Crippen molar-refractivity contribution in [2.24, 2.45) is 5.10 Å². The number of carbonyl (C=O) groups excluding carboxylic acids is 4. The van der Waals surface area contributed by atoms with Gasteiger partial charge < -0.3 is 15.4 Å². The summed E-state index contributed by atoms with van der Waals surface area (Å²) in [4.78, 5) is 45.9. The van der Waals surface area contributed by atoms with Gasteiger partial charge in [-0.1, -0.05) is 12.1 Å². The average Bonchev–Trinajstić information content (AvgIpc) is 2.69.